The Morgan fingerprint density at radius 3 is 2.71 bits per heavy atom. The molecule has 0 unspecified atom stereocenters. The van der Waals surface area contributed by atoms with Crippen LogP contribution in [0.15, 0.2) is 5.11 Å². The molecule has 0 aromatic heterocycles. The molecule has 0 aromatic carbocycles. The third kappa shape index (κ3) is 1.67. The predicted octanol–water partition coefficient (Wildman–Crippen LogP) is -1.90. The molecule has 0 saturated carbocycles. The average molecular weight is 205 g/mol. The van der Waals surface area contributed by atoms with Crippen LogP contribution < -0.4 is 0 Å². The minimum Gasteiger partial charge on any atom is -0.394 e. The van der Waals surface area contributed by atoms with Gasteiger partial charge in [-0.15, -0.1) is 0 Å². The van der Waals surface area contributed by atoms with Crippen molar-refractivity contribution in [3.8, 4) is 0 Å². The van der Waals surface area contributed by atoms with Crippen LogP contribution in [0.25, 0.3) is 10.4 Å². The van der Waals surface area contributed by atoms with Gasteiger partial charge in [-0.3, -0.25) is 0 Å². The first-order chi connectivity index (χ1) is 6.56. The maximum Gasteiger partial charge on any atom is 0.200 e. The van der Waals surface area contributed by atoms with Gasteiger partial charge in [-0.25, -0.2) is 0 Å². The molecule has 4 atom stereocenters. The molecule has 0 bridgehead atoms. The zero-order valence-corrected chi connectivity index (χ0v) is 7.19. The second-order valence-electron chi connectivity index (χ2n) is 2.99. The van der Waals surface area contributed by atoms with E-state index < -0.39 is 30.6 Å². The lowest BCUT2D eigenvalue weighted by molar-refractivity contribution is -0.244. The third-order valence-electron chi connectivity index (χ3n) is 2.13. The van der Waals surface area contributed by atoms with Crippen LogP contribution in [0.1, 0.15) is 0 Å². The Morgan fingerprint density at radius 2 is 2.21 bits per heavy atom. The van der Waals surface area contributed by atoms with Crippen LogP contribution in [0.5, 0.6) is 0 Å². The van der Waals surface area contributed by atoms with E-state index >= 15 is 0 Å². The van der Waals surface area contributed by atoms with E-state index in [0.717, 1.165) is 0 Å². The highest BCUT2D eigenvalue weighted by atomic mass is 16.5. The molecule has 8 nitrogen and oxygen atoms in total. The van der Waals surface area contributed by atoms with Gasteiger partial charge in [-0.2, -0.15) is 0 Å². The molecule has 14 heavy (non-hydrogen) atoms. The van der Waals surface area contributed by atoms with Gasteiger partial charge < -0.3 is 25.2 Å². The Balaban J connectivity index is 2.93. The van der Waals surface area contributed by atoms with Crippen molar-refractivity contribution in [1.29, 1.82) is 0 Å². The van der Waals surface area contributed by atoms with Crippen LogP contribution in [-0.2, 0) is 4.74 Å². The van der Waals surface area contributed by atoms with E-state index in [1.807, 2.05) is 0 Å². The van der Waals surface area contributed by atoms with Crippen LogP contribution in [0.4, 0.5) is 0 Å². The van der Waals surface area contributed by atoms with E-state index in [1.165, 1.54) is 0 Å². The normalized spacial score (nSPS) is 43.0. The molecule has 1 aliphatic heterocycles. The van der Waals surface area contributed by atoms with Gasteiger partial charge in [0.1, 0.15) is 18.3 Å². The van der Waals surface area contributed by atoms with Crippen molar-refractivity contribution >= 4 is 0 Å². The highest BCUT2D eigenvalue weighted by Crippen LogP contribution is 2.27. The fourth-order valence-electron chi connectivity index (χ4n) is 1.25. The largest absolute Gasteiger partial charge is 0.394 e. The number of rotatable bonds is 2. The zero-order valence-electron chi connectivity index (χ0n) is 7.19. The van der Waals surface area contributed by atoms with Crippen LogP contribution in [-0.4, -0.2) is 57.7 Å². The van der Waals surface area contributed by atoms with Crippen molar-refractivity contribution in [3.63, 3.8) is 0 Å². The number of nitrogens with zero attached hydrogens (tertiary/aromatic N) is 3. The Kier molecular flexibility index (Phi) is 3.27. The number of ether oxygens (including phenoxy) is 1. The quantitative estimate of drug-likeness (QED) is 0.237. The Hall–Kier alpha value is -0.890. The highest BCUT2D eigenvalue weighted by molar-refractivity contribution is 4.98. The summed E-state index contributed by atoms with van der Waals surface area (Å²) in [6.07, 6.45) is -4.25. The SMILES string of the molecule is [N-]=[N+]=N[C@]1(O)[C@H](O)[C@@H](CO)OC[C@@H]1O. The number of hydrogen-bond acceptors (Lipinski definition) is 6. The van der Waals surface area contributed by atoms with E-state index in [-0.39, 0.29) is 6.61 Å². The minimum atomic E-state index is -2.35. The number of azide groups is 1. The van der Waals surface area contributed by atoms with Gasteiger partial charge in [-0.05, 0) is 5.53 Å². The smallest absolute Gasteiger partial charge is 0.200 e. The number of aliphatic hydroxyl groups is 4. The monoisotopic (exact) mass is 205 g/mol. The summed E-state index contributed by atoms with van der Waals surface area (Å²) in [7, 11) is 0. The second kappa shape index (κ2) is 4.09. The predicted molar refractivity (Wildman–Crippen MR) is 42.9 cm³/mol. The highest BCUT2D eigenvalue weighted by Gasteiger charge is 2.50. The van der Waals surface area contributed by atoms with Gasteiger partial charge in [0.2, 0.25) is 0 Å². The fourth-order valence-corrected chi connectivity index (χ4v) is 1.25. The lowest BCUT2D eigenvalue weighted by Gasteiger charge is -2.40. The molecule has 0 aromatic rings. The van der Waals surface area contributed by atoms with Gasteiger partial charge in [-0.1, -0.05) is 5.11 Å². The van der Waals surface area contributed by atoms with E-state index in [9.17, 15) is 15.3 Å². The molecule has 4 N–H and O–H groups in total. The van der Waals surface area contributed by atoms with Crippen molar-refractivity contribution < 1.29 is 25.2 Å². The molecule has 0 spiro atoms. The summed E-state index contributed by atoms with van der Waals surface area (Å²) in [6.45, 7) is -0.866. The van der Waals surface area contributed by atoms with Crippen LogP contribution in [0, 0.1) is 0 Å². The van der Waals surface area contributed by atoms with Crippen molar-refractivity contribution in [1.82, 2.24) is 0 Å². The molecule has 1 saturated heterocycles. The van der Waals surface area contributed by atoms with Crippen molar-refractivity contribution in [2.75, 3.05) is 13.2 Å². The Morgan fingerprint density at radius 1 is 1.57 bits per heavy atom. The van der Waals surface area contributed by atoms with Gasteiger partial charge in [0.25, 0.3) is 0 Å². The van der Waals surface area contributed by atoms with Crippen molar-refractivity contribution in [2.24, 2.45) is 5.11 Å². The maximum absolute atomic E-state index is 9.60. The van der Waals surface area contributed by atoms with E-state index in [4.69, 9.17) is 15.4 Å². The summed E-state index contributed by atoms with van der Waals surface area (Å²) in [5, 5.41) is 39.9. The molecular formula is C6H11N3O5. The van der Waals surface area contributed by atoms with Crippen LogP contribution >= 0.6 is 0 Å². The second-order valence-corrected chi connectivity index (χ2v) is 2.99. The van der Waals surface area contributed by atoms with Crippen LogP contribution in [0.2, 0.25) is 0 Å². The van der Waals surface area contributed by atoms with Gasteiger partial charge in [0.05, 0.1) is 13.2 Å². The minimum absolute atomic E-state index is 0.322. The first-order valence-corrected chi connectivity index (χ1v) is 3.93. The molecule has 1 heterocycles. The Labute approximate surface area is 79.0 Å². The molecule has 8 heteroatoms. The molecule has 1 aliphatic rings. The summed E-state index contributed by atoms with van der Waals surface area (Å²) in [5.74, 6) is 0. The van der Waals surface area contributed by atoms with Gasteiger partial charge in [0, 0.05) is 4.91 Å². The number of hydrogen-bond donors (Lipinski definition) is 4. The summed E-state index contributed by atoms with van der Waals surface area (Å²) in [5.41, 5.74) is 5.80. The summed E-state index contributed by atoms with van der Waals surface area (Å²) < 4.78 is 4.80. The first kappa shape index (κ1) is 11.2. The van der Waals surface area contributed by atoms with Gasteiger partial charge >= 0.3 is 0 Å². The van der Waals surface area contributed by atoms with E-state index in [2.05, 4.69) is 10.0 Å². The molecular weight excluding hydrogens is 194 g/mol. The van der Waals surface area contributed by atoms with E-state index in [1.54, 1.807) is 0 Å². The molecule has 1 fully saturated rings. The molecule has 1 rings (SSSR count). The van der Waals surface area contributed by atoms with Crippen molar-refractivity contribution in [2.45, 2.75) is 24.0 Å². The Bertz CT molecular complexity index is 256. The fraction of sp³-hybridized carbons (Fsp3) is 1.00. The lowest BCUT2D eigenvalue weighted by Crippen LogP contribution is -2.62. The molecule has 0 aliphatic carbocycles. The van der Waals surface area contributed by atoms with Crippen LogP contribution in [0.3, 0.4) is 0 Å². The van der Waals surface area contributed by atoms with E-state index in [0.29, 0.717) is 0 Å². The zero-order chi connectivity index (χ0) is 10.8. The van der Waals surface area contributed by atoms with Gasteiger partial charge in [0.15, 0.2) is 5.72 Å². The number of aliphatic hydroxyl groups excluding tert-OH is 3. The topological polar surface area (TPSA) is 139 Å². The summed E-state index contributed by atoms with van der Waals surface area (Å²) in [4.78, 5) is 2.32. The third-order valence-corrected chi connectivity index (χ3v) is 2.13. The summed E-state index contributed by atoms with van der Waals surface area (Å²) >= 11 is 0. The van der Waals surface area contributed by atoms with Crippen molar-refractivity contribution in [3.05, 3.63) is 10.4 Å². The summed E-state index contributed by atoms with van der Waals surface area (Å²) in [6, 6.07) is 0. The molecule has 80 valence electrons. The lowest BCUT2D eigenvalue weighted by atomic mass is 9.94. The molecule has 0 amide bonds. The first-order valence-electron chi connectivity index (χ1n) is 3.93. The maximum atomic E-state index is 9.60. The average Bonchev–Trinajstić information content (AvgIpc) is 2.16. The standard InChI is InChI=1S/C6H11N3O5/c7-9-8-6(13)4(11)2-14-3(1-10)5(6)12/h3-5,10-13H,1-2H2/t3-,4+,5-,6-/m1/s1. The molecule has 0 radical (unpaired) electrons.